The van der Waals surface area contributed by atoms with Crippen molar-refractivity contribution in [2.24, 2.45) is 0 Å². The normalized spacial score (nSPS) is 10.7. The van der Waals surface area contributed by atoms with E-state index in [1.54, 1.807) is 0 Å². The van der Waals surface area contributed by atoms with Crippen LogP contribution in [0.5, 0.6) is 0 Å². The van der Waals surface area contributed by atoms with Gasteiger partial charge in [0.25, 0.3) is 0 Å². The summed E-state index contributed by atoms with van der Waals surface area (Å²) in [5.41, 5.74) is 3.24. The maximum Gasteiger partial charge on any atom is 0.238 e. The molecule has 1 N–H and O–H groups in total. The number of carbonyl (C=O) groups is 1. The molecule has 0 atom stereocenters. The summed E-state index contributed by atoms with van der Waals surface area (Å²) in [4.78, 5) is 14.2. The highest BCUT2D eigenvalue weighted by Gasteiger charge is 2.10. The zero-order valence-corrected chi connectivity index (χ0v) is 14.6. The van der Waals surface area contributed by atoms with Crippen molar-refractivity contribution >= 4 is 27.5 Å². The third kappa shape index (κ3) is 4.68. The van der Waals surface area contributed by atoms with Crippen molar-refractivity contribution in [3.63, 3.8) is 0 Å². The third-order valence-electron chi connectivity index (χ3n) is 3.48. The molecule has 0 heterocycles. The molecule has 1 amide bonds. The predicted molar refractivity (Wildman–Crippen MR) is 94.9 cm³/mol. The van der Waals surface area contributed by atoms with Crippen LogP contribution in [0.4, 0.5) is 5.69 Å². The zero-order chi connectivity index (χ0) is 15.9. The fourth-order valence-electron chi connectivity index (χ4n) is 2.36. The van der Waals surface area contributed by atoms with E-state index in [9.17, 15) is 4.79 Å². The Hall–Kier alpha value is -1.65. The van der Waals surface area contributed by atoms with Crippen LogP contribution in [-0.2, 0) is 17.8 Å². The largest absolute Gasteiger partial charge is 0.325 e. The summed E-state index contributed by atoms with van der Waals surface area (Å²) >= 11 is 3.54. The van der Waals surface area contributed by atoms with Crippen molar-refractivity contribution in [3.05, 3.63) is 64.1 Å². The molecule has 116 valence electrons. The summed E-state index contributed by atoms with van der Waals surface area (Å²) in [6.45, 7) is 3.17. The van der Waals surface area contributed by atoms with Crippen molar-refractivity contribution in [1.82, 2.24) is 4.90 Å². The van der Waals surface area contributed by atoms with Crippen LogP contribution < -0.4 is 5.32 Å². The van der Waals surface area contributed by atoms with E-state index in [4.69, 9.17) is 0 Å². The van der Waals surface area contributed by atoms with Gasteiger partial charge in [-0.15, -0.1) is 0 Å². The van der Waals surface area contributed by atoms with E-state index in [-0.39, 0.29) is 5.91 Å². The smallest absolute Gasteiger partial charge is 0.238 e. The van der Waals surface area contributed by atoms with E-state index in [0.29, 0.717) is 6.54 Å². The minimum Gasteiger partial charge on any atom is -0.325 e. The number of nitrogens with one attached hydrogen (secondary N) is 1. The second-order valence-electron chi connectivity index (χ2n) is 5.32. The van der Waals surface area contributed by atoms with Gasteiger partial charge >= 0.3 is 0 Å². The molecule has 0 bridgehead atoms. The Morgan fingerprint density at radius 2 is 1.73 bits per heavy atom. The first-order valence-electron chi connectivity index (χ1n) is 7.40. The van der Waals surface area contributed by atoms with E-state index in [2.05, 4.69) is 34.2 Å². The minimum atomic E-state index is 0.00968. The van der Waals surface area contributed by atoms with Gasteiger partial charge in [0.15, 0.2) is 0 Å². The average Bonchev–Trinajstić information content (AvgIpc) is 2.50. The van der Waals surface area contributed by atoms with Crippen LogP contribution in [0.25, 0.3) is 0 Å². The summed E-state index contributed by atoms with van der Waals surface area (Å²) in [7, 11) is 1.95. The van der Waals surface area contributed by atoms with Gasteiger partial charge in [0.2, 0.25) is 5.91 Å². The summed E-state index contributed by atoms with van der Waals surface area (Å²) in [6, 6.07) is 16.0. The predicted octanol–water partition coefficient (Wildman–Crippen LogP) is 4.08. The lowest BCUT2D eigenvalue weighted by Gasteiger charge is -2.18. The van der Waals surface area contributed by atoms with Crippen LogP contribution in [0.1, 0.15) is 18.1 Å². The molecule has 0 aromatic heterocycles. The van der Waals surface area contributed by atoms with Crippen LogP contribution in [0, 0.1) is 0 Å². The van der Waals surface area contributed by atoms with Gasteiger partial charge in [-0.1, -0.05) is 59.3 Å². The van der Waals surface area contributed by atoms with Crippen molar-refractivity contribution in [2.75, 3.05) is 18.9 Å². The number of para-hydroxylation sites is 1. The summed E-state index contributed by atoms with van der Waals surface area (Å²) in [5.74, 6) is 0.00968. The van der Waals surface area contributed by atoms with Gasteiger partial charge < -0.3 is 5.32 Å². The van der Waals surface area contributed by atoms with Gasteiger partial charge in [-0.3, -0.25) is 9.69 Å². The van der Waals surface area contributed by atoms with Gasteiger partial charge in [-0.25, -0.2) is 0 Å². The number of benzene rings is 2. The maximum atomic E-state index is 12.2. The lowest BCUT2D eigenvalue weighted by atomic mass is 10.1. The van der Waals surface area contributed by atoms with Crippen LogP contribution in [0.15, 0.2) is 53.0 Å². The quantitative estimate of drug-likeness (QED) is 0.841. The van der Waals surface area contributed by atoms with Gasteiger partial charge in [0.05, 0.1) is 6.54 Å². The number of anilines is 1. The highest BCUT2D eigenvalue weighted by molar-refractivity contribution is 9.10. The van der Waals surface area contributed by atoms with E-state index >= 15 is 0 Å². The van der Waals surface area contributed by atoms with Gasteiger partial charge in [0.1, 0.15) is 0 Å². The molecular formula is C18H21BrN2O. The first kappa shape index (κ1) is 16.7. The summed E-state index contributed by atoms with van der Waals surface area (Å²) in [6.07, 6.45) is 0.906. The van der Waals surface area contributed by atoms with E-state index in [1.165, 1.54) is 5.56 Å². The lowest BCUT2D eigenvalue weighted by molar-refractivity contribution is -0.117. The second kappa shape index (κ2) is 8.11. The standard InChI is InChI=1S/C18H21BrN2O/c1-3-14-8-5-7-11-17(14)20-18(22)13-21(2)12-15-9-4-6-10-16(15)19/h4-11H,3,12-13H2,1-2H3,(H,20,22). The number of hydrogen-bond acceptors (Lipinski definition) is 2. The molecule has 4 heteroatoms. The topological polar surface area (TPSA) is 32.3 Å². The highest BCUT2D eigenvalue weighted by atomic mass is 79.9. The van der Waals surface area contributed by atoms with Gasteiger partial charge in [-0.05, 0) is 36.7 Å². The highest BCUT2D eigenvalue weighted by Crippen LogP contribution is 2.18. The van der Waals surface area contributed by atoms with E-state index in [0.717, 1.165) is 28.7 Å². The number of carbonyl (C=O) groups excluding carboxylic acids is 1. The van der Waals surface area contributed by atoms with Crippen LogP contribution >= 0.6 is 15.9 Å². The molecule has 3 nitrogen and oxygen atoms in total. The molecule has 0 saturated heterocycles. The fourth-order valence-corrected chi connectivity index (χ4v) is 2.77. The number of rotatable bonds is 6. The second-order valence-corrected chi connectivity index (χ2v) is 6.18. The molecule has 0 aliphatic heterocycles. The first-order valence-corrected chi connectivity index (χ1v) is 8.19. The molecule has 2 rings (SSSR count). The molecule has 0 fully saturated rings. The Balaban J connectivity index is 1.93. The summed E-state index contributed by atoms with van der Waals surface area (Å²) in [5, 5.41) is 3.00. The first-order chi connectivity index (χ1) is 10.6. The average molecular weight is 361 g/mol. The number of hydrogen-bond donors (Lipinski definition) is 1. The van der Waals surface area contributed by atoms with Crippen LogP contribution in [0.3, 0.4) is 0 Å². The van der Waals surface area contributed by atoms with Crippen molar-refractivity contribution in [2.45, 2.75) is 19.9 Å². The number of amides is 1. The Morgan fingerprint density at radius 3 is 2.41 bits per heavy atom. The fraction of sp³-hybridized carbons (Fsp3) is 0.278. The lowest BCUT2D eigenvalue weighted by Crippen LogP contribution is -2.30. The molecule has 2 aromatic rings. The molecule has 2 aromatic carbocycles. The Morgan fingerprint density at radius 1 is 1.09 bits per heavy atom. The van der Waals surface area contributed by atoms with Gasteiger partial charge in [0, 0.05) is 16.7 Å². The van der Waals surface area contributed by atoms with Crippen molar-refractivity contribution in [1.29, 1.82) is 0 Å². The van der Waals surface area contributed by atoms with E-state index in [1.807, 2.05) is 54.4 Å². The molecule has 0 unspecified atom stereocenters. The van der Waals surface area contributed by atoms with Crippen LogP contribution in [-0.4, -0.2) is 24.4 Å². The minimum absolute atomic E-state index is 0.00968. The Labute approximate surface area is 140 Å². The molecule has 22 heavy (non-hydrogen) atoms. The SMILES string of the molecule is CCc1ccccc1NC(=O)CN(C)Cc1ccccc1Br. The molecule has 0 spiro atoms. The van der Waals surface area contributed by atoms with Gasteiger partial charge in [-0.2, -0.15) is 0 Å². The number of aryl methyl sites for hydroxylation is 1. The molecule has 0 saturated carbocycles. The molecular weight excluding hydrogens is 340 g/mol. The maximum absolute atomic E-state index is 12.2. The third-order valence-corrected chi connectivity index (χ3v) is 4.26. The molecule has 0 aliphatic carbocycles. The van der Waals surface area contributed by atoms with Crippen LogP contribution in [0.2, 0.25) is 0 Å². The number of nitrogens with zero attached hydrogens (tertiary/aromatic N) is 1. The number of halogens is 1. The zero-order valence-electron chi connectivity index (χ0n) is 13.0. The summed E-state index contributed by atoms with van der Waals surface area (Å²) < 4.78 is 1.07. The number of likely N-dealkylation sites (N-methyl/N-ethyl adjacent to an activating group) is 1. The Kier molecular flexibility index (Phi) is 6.16. The molecule has 0 radical (unpaired) electrons. The van der Waals surface area contributed by atoms with E-state index < -0.39 is 0 Å². The molecule has 0 aliphatic rings. The monoisotopic (exact) mass is 360 g/mol. The Bertz CT molecular complexity index is 642. The van der Waals surface area contributed by atoms with Crippen molar-refractivity contribution < 1.29 is 4.79 Å². The van der Waals surface area contributed by atoms with Crippen molar-refractivity contribution in [3.8, 4) is 0 Å².